The highest BCUT2D eigenvalue weighted by molar-refractivity contribution is 6.16. The summed E-state index contributed by atoms with van der Waals surface area (Å²) < 4.78 is 9.65. The van der Waals surface area contributed by atoms with Gasteiger partial charge in [-0.25, -0.2) is 9.94 Å². The Labute approximate surface area is 256 Å². The van der Waals surface area contributed by atoms with Gasteiger partial charge in [0.1, 0.15) is 5.82 Å². The van der Waals surface area contributed by atoms with Crippen LogP contribution >= 0.6 is 0 Å². The third kappa shape index (κ3) is 6.09. The van der Waals surface area contributed by atoms with Crippen molar-refractivity contribution in [2.75, 3.05) is 6.61 Å². The molecule has 2 aromatic heterocycles. The van der Waals surface area contributed by atoms with Crippen molar-refractivity contribution in [1.82, 2.24) is 24.6 Å². The van der Waals surface area contributed by atoms with Crippen LogP contribution in [0.3, 0.4) is 0 Å². The van der Waals surface area contributed by atoms with E-state index in [1.165, 1.54) is 0 Å². The van der Waals surface area contributed by atoms with Crippen molar-refractivity contribution in [3.05, 3.63) is 87.1 Å². The zero-order valence-corrected chi connectivity index (χ0v) is 25.6. The van der Waals surface area contributed by atoms with Crippen molar-refractivity contribution in [3.8, 4) is 11.1 Å². The van der Waals surface area contributed by atoms with Crippen molar-refractivity contribution in [1.29, 1.82) is 0 Å². The SMILES string of the molecule is CCCc1c(Cc2ccc(-c3ccccc3)c(C3=NNC(=O)C3)c2)c(=O)n(C2CCC(OCC(C)O)CC2)c2nc(C)nn12. The molecule has 6 rings (SSSR count). The number of ether oxygens (including phenoxy) is 1. The van der Waals surface area contributed by atoms with E-state index in [1.807, 2.05) is 46.3 Å². The number of carbonyl (C=O) groups is 1. The van der Waals surface area contributed by atoms with Crippen LogP contribution in [0.5, 0.6) is 0 Å². The number of rotatable bonds is 10. The molecule has 1 unspecified atom stereocenters. The summed E-state index contributed by atoms with van der Waals surface area (Å²) in [4.78, 5) is 31.3. The maximum Gasteiger partial charge on any atom is 0.259 e. The van der Waals surface area contributed by atoms with Crippen molar-refractivity contribution < 1.29 is 14.6 Å². The third-order valence-corrected chi connectivity index (χ3v) is 8.57. The summed E-state index contributed by atoms with van der Waals surface area (Å²) in [5.41, 5.74) is 8.76. The molecule has 2 N–H and O–H groups in total. The van der Waals surface area contributed by atoms with Crippen LogP contribution < -0.4 is 11.0 Å². The summed E-state index contributed by atoms with van der Waals surface area (Å²) in [5, 5.41) is 18.7. The molecule has 1 aliphatic carbocycles. The molecule has 1 atom stereocenters. The first-order chi connectivity index (χ1) is 21.3. The zero-order chi connectivity index (χ0) is 30.8. The number of carbonyl (C=O) groups excluding carboxylic acids is 1. The van der Waals surface area contributed by atoms with E-state index in [9.17, 15) is 14.7 Å². The molecule has 1 saturated carbocycles. The second-order valence-corrected chi connectivity index (χ2v) is 12.0. The number of nitrogens with one attached hydrogen (secondary N) is 1. The molecule has 10 heteroatoms. The molecule has 0 bridgehead atoms. The third-order valence-electron chi connectivity index (χ3n) is 8.57. The van der Waals surface area contributed by atoms with Gasteiger partial charge in [-0.2, -0.15) is 15.2 Å². The fourth-order valence-electron chi connectivity index (χ4n) is 6.50. The average Bonchev–Trinajstić information content (AvgIpc) is 3.63. The van der Waals surface area contributed by atoms with E-state index in [1.54, 1.807) is 6.92 Å². The molecule has 44 heavy (non-hydrogen) atoms. The lowest BCUT2D eigenvalue weighted by atomic mass is 9.91. The Morgan fingerprint density at radius 3 is 2.52 bits per heavy atom. The van der Waals surface area contributed by atoms with Crippen LogP contribution in [0.2, 0.25) is 0 Å². The number of aliphatic hydroxyl groups is 1. The summed E-state index contributed by atoms with van der Waals surface area (Å²) in [6, 6.07) is 16.3. The molecule has 3 heterocycles. The van der Waals surface area contributed by atoms with E-state index in [0.717, 1.165) is 65.6 Å². The number of aliphatic hydroxyl groups excluding tert-OH is 1. The van der Waals surface area contributed by atoms with E-state index in [-0.39, 0.29) is 30.0 Å². The van der Waals surface area contributed by atoms with Gasteiger partial charge in [-0.15, -0.1) is 0 Å². The van der Waals surface area contributed by atoms with Crippen LogP contribution in [0.1, 0.15) is 86.6 Å². The van der Waals surface area contributed by atoms with Crippen LogP contribution in [0.4, 0.5) is 0 Å². The number of hydrogen-bond acceptors (Lipinski definition) is 7. The molecule has 1 amide bonds. The summed E-state index contributed by atoms with van der Waals surface area (Å²) in [6.07, 6.45) is 4.98. The molecule has 2 aromatic carbocycles. The first-order valence-corrected chi connectivity index (χ1v) is 15.7. The predicted molar refractivity (Wildman–Crippen MR) is 169 cm³/mol. The molecule has 0 radical (unpaired) electrons. The van der Waals surface area contributed by atoms with Crippen LogP contribution in [0.25, 0.3) is 16.9 Å². The number of amides is 1. The Hall–Kier alpha value is -4.15. The monoisotopic (exact) mass is 596 g/mol. The molecule has 4 aromatic rings. The molecular weight excluding hydrogens is 556 g/mol. The van der Waals surface area contributed by atoms with E-state index < -0.39 is 6.10 Å². The van der Waals surface area contributed by atoms with Gasteiger partial charge in [0.15, 0.2) is 0 Å². The Morgan fingerprint density at radius 2 is 1.84 bits per heavy atom. The lowest BCUT2D eigenvalue weighted by Crippen LogP contribution is -2.35. The van der Waals surface area contributed by atoms with Crippen molar-refractivity contribution >= 4 is 17.4 Å². The Bertz CT molecular complexity index is 1750. The van der Waals surface area contributed by atoms with Crippen LogP contribution in [0.15, 0.2) is 58.4 Å². The fourth-order valence-corrected chi connectivity index (χ4v) is 6.50. The number of hydrazone groups is 1. The second-order valence-electron chi connectivity index (χ2n) is 12.0. The molecule has 230 valence electrons. The van der Waals surface area contributed by atoms with Crippen LogP contribution in [-0.4, -0.2) is 54.7 Å². The van der Waals surface area contributed by atoms with Gasteiger partial charge in [0.05, 0.1) is 36.6 Å². The van der Waals surface area contributed by atoms with Gasteiger partial charge in [-0.1, -0.05) is 55.8 Å². The molecule has 1 aliphatic heterocycles. The van der Waals surface area contributed by atoms with Gasteiger partial charge in [0.2, 0.25) is 11.7 Å². The second kappa shape index (κ2) is 12.8. The topological polar surface area (TPSA) is 123 Å². The molecule has 0 spiro atoms. The number of benzene rings is 2. The van der Waals surface area contributed by atoms with E-state index in [0.29, 0.717) is 36.8 Å². The van der Waals surface area contributed by atoms with E-state index in [4.69, 9.17) is 14.8 Å². The summed E-state index contributed by atoms with van der Waals surface area (Å²) in [5.74, 6) is 1.10. The zero-order valence-electron chi connectivity index (χ0n) is 25.6. The molecular formula is C34H40N6O4. The average molecular weight is 597 g/mol. The number of fused-ring (bicyclic) bond motifs is 1. The van der Waals surface area contributed by atoms with Gasteiger partial charge < -0.3 is 9.84 Å². The van der Waals surface area contributed by atoms with Crippen LogP contribution in [0, 0.1) is 6.92 Å². The van der Waals surface area contributed by atoms with Gasteiger partial charge in [0, 0.05) is 23.6 Å². The first kappa shape index (κ1) is 29.9. The minimum absolute atomic E-state index is 0.0182. The van der Waals surface area contributed by atoms with Gasteiger partial charge in [0.25, 0.3) is 5.56 Å². The van der Waals surface area contributed by atoms with Gasteiger partial charge in [-0.05, 0) is 68.7 Å². The van der Waals surface area contributed by atoms with Gasteiger partial charge in [-0.3, -0.25) is 14.2 Å². The minimum Gasteiger partial charge on any atom is -0.391 e. The highest BCUT2D eigenvalue weighted by Gasteiger charge is 2.29. The Kier molecular flexibility index (Phi) is 8.72. The highest BCUT2D eigenvalue weighted by atomic mass is 16.5. The quantitative estimate of drug-likeness (QED) is 0.278. The van der Waals surface area contributed by atoms with Gasteiger partial charge >= 0.3 is 0 Å². The maximum atomic E-state index is 14.5. The standard InChI is InChI=1S/C34H40N6O4/c1-4-8-31-29(18-23-11-16-27(24-9-6-5-7-10-24)28(17-23)30-19-32(42)37-36-30)33(43)39(34-35-22(3)38-40(31)34)25-12-14-26(15-13-25)44-20-21(2)41/h5-7,9-11,16-17,21,25-26,41H,4,8,12-15,18-20H2,1-3H3,(H,37,42). The van der Waals surface area contributed by atoms with E-state index in [2.05, 4.69) is 35.7 Å². The summed E-state index contributed by atoms with van der Waals surface area (Å²) in [6.45, 7) is 6.02. The normalized spacial score (nSPS) is 19.3. The largest absolute Gasteiger partial charge is 0.391 e. The lowest BCUT2D eigenvalue weighted by molar-refractivity contribution is -0.119. The maximum absolute atomic E-state index is 14.5. The number of aromatic nitrogens is 4. The van der Waals surface area contributed by atoms with Crippen molar-refractivity contribution in [3.63, 3.8) is 0 Å². The Balaban J connectivity index is 1.41. The van der Waals surface area contributed by atoms with Crippen molar-refractivity contribution in [2.45, 2.75) is 90.4 Å². The number of aryl methyl sites for hydroxylation is 2. The Morgan fingerprint density at radius 1 is 1.07 bits per heavy atom. The predicted octanol–water partition coefficient (Wildman–Crippen LogP) is 4.51. The van der Waals surface area contributed by atoms with Crippen molar-refractivity contribution in [2.24, 2.45) is 5.10 Å². The summed E-state index contributed by atoms with van der Waals surface area (Å²) in [7, 11) is 0. The number of nitrogens with zero attached hydrogens (tertiary/aromatic N) is 5. The minimum atomic E-state index is -0.498. The first-order valence-electron chi connectivity index (χ1n) is 15.7. The van der Waals surface area contributed by atoms with E-state index >= 15 is 0 Å². The molecule has 2 aliphatic rings. The summed E-state index contributed by atoms with van der Waals surface area (Å²) >= 11 is 0. The highest BCUT2D eigenvalue weighted by Crippen LogP contribution is 2.32. The molecule has 1 fully saturated rings. The number of hydrogen-bond donors (Lipinski definition) is 2. The smallest absolute Gasteiger partial charge is 0.259 e. The molecule has 10 nitrogen and oxygen atoms in total. The fraction of sp³-hybridized carbons (Fsp3) is 0.441. The molecule has 0 saturated heterocycles. The van der Waals surface area contributed by atoms with Crippen LogP contribution in [-0.2, 0) is 22.4 Å². The lowest BCUT2D eigenvalue weighted by Gasteiger charge is -2.30.